The van der Waals surface area contributed by atoms with Crippen LogP contribution in [0.1, 0.15) is 158 Å². The molecule has 2 heterocycles. The maximum Gasteiger partial charge on any atom is 0.472 e. The summed E-state index contributed by atoms with van der Waals surface area (Å²) in [4.78, 5) is 35.2. The van der Waals surface area contributed by atoms with Crippen LogP contribution in [-0.2, 0) is 50.3 Å². The van der Waals surface area contributed by atoms with E-state index in [4.69, 9.17) is 33.4 Å². The number of esters is 2. The minimum absolute atomic E-state index is 0.00335. The Morgan fingerprint density at radius 2 is 1.52 bits per heavy atom. The van der Waals surface area contributed by atoms with E-state index in [9.17, 15) is 34.4 Å². The average Bonchev–Trinajstić information content (AvgIpc) is 3.47. The zero-order chi connectivity index (χ0) is 44.2. The minimum atomic E-state index is -4.47. The Bertz CT molecular complexity index is 1430. The van der Waals surface area contributed by atoms with Gasteiger partial charge in [0.1, 0.15) is 18.1 Å². The van der Waals surface area contributed by atoms with E-state index in [1.165, 1.54) is 11.1 Å². The van der Waals surface area contributed by atoms with Crippen LogP contribution < -0.4 is 5.73 Å². The first kappa shape index (κ1) is 53.7. The molecule has 1 fully saturated rings. The van der Waals surface area contributed by atoms with Gasteiger partial charge in [0.05, 0.1) is 31.5 Å². The van der Waals surface area contributed by atoms with Crippen LogP contribution in [0.5, 0.6) is 0 Å². The Morgan fingerprint density at radius 3 is 2.20 bits per heavy atom. The van der Waals surface area contributed by atoms with Crippen LogP contribution in [-0.4, -0.2) is 89.2 Å². The number of phosphoric acid groups is 1. The normalized spacial score (nSPS) is 20.4. The van der Waals surface area contributed by atoms with Crippen molar-refractivity contribution in [3.05, 3.63) is 47.0 Å². The Kier molecular flexibility index (Phi) is 28.2. The molecule has 60 heavy (non-hydrogen) atoms. The van der Waals surface area contributed by atoms with Crippen LogP contribution in [0.15, 0.2) is 28.7 Å². The number of unbranched alkanes of at least 4 members (excludes halogenated alkanes) is 10. The van der Waals surface area contributed by atoms with Crippen LogP contribution in [0.25, 0.3) is 0 Å². The summed E-state index contributed by atoms with van der Waals surface area (Å²) in [7, 11) is -4.47. The van der Waals surface area contributed by atoms with Gasteiger partial charge in [0.2, 0.25) is 0 Å². The summed E-state index contributed by atoms with van der Waals surface area (Å²) in [5.41, 5.74) is 7.94. The van der Waals surface area contributed by atoms with Gasteiger partial charge in [-0.2, -0.15) is 0 Å². The Labute approximate surface area is 359 Å². The highest BCUT2D eigenvalue weighted by molar-refractivity contribution is 7.47. The van der Waals surface area contributed by atoms with Gasteiger partial charge in [-0.05, 0) is 69.9 Å². The molecule has 2 unspecified atom stereocenters. The van der Waals surface area contributed by atoms with Crippen molar-refractivity contribution in [2.45, 2.75) is 193 Å². The number of carbonyl (C=O) groups excluding carboxylic acids is 2. The number of nitrogens with two attached hydrogens (primary N) is 1. The van der Waals surface area contributed by atoms with Crippen molar-refractivity contribution in [2.75, 3.05) is 26.4 Å². The van der Waals surface area contributed by atoms with E-state index in [0.717, 1.165) is 95.0 Å². The number of aliphatic hydroxyl groups excluding tert-OH is 3. The zero-order valence-electron chi connectivity index (χ0n) is 36.9. The SMILES string of the molecule is CCCCC[C@H](O)/C=C/[C@H]1OC(O)C[C@H](O)[C@@H]1C/C=C\CCCC(=O)O[C@H](COC(=O)CCCCCCCCCCc1oc(CCC)c(C)c1C)COP(=O)(O)OCCN. The number of rotatable bonds is 34. The maximum absolute atomic E-state index is 12.7. The molecular weight excluding hydrogens is 793 g/mol. The van der Waals surface area contributed by atoms with E-state index < -0.39 is 57.1 Å². The monoisotopic (exact) mass is 872 g/mol. The van der Waals surface area contributed by atoms with Crippen molar-refractivity contribution in [2.24, 2.45) is 11.7 Å². The third-order valence-electron chi connectivity index (χ3n) is 10.8. The number of furan rings is 1. The van der Waals surface area contributed by atoms with Crippen LogP contribution in [0, 0.1) is 19.8 Å². The fourth-order valence-corrected chi connectivity index (χ4v) is 7.90. The van der Waals surface area contributed by atoms with Gasteiger partial charge >= 0.3 is 19.8 Å². The average molecular weight is 872 g/mol. The van der Waals surface area contributed by atoms with Crippen LogP contribution in [0.2, 0.25) is 0 Å². The Morgan fingerprint density at radius 1 is 0.850 bits per heavy atom. The predicted molar refractivity (Wildman–Crippen MR) is 231 cm³/mol. The van der Waals surface area contributed by atoms with Crippen molar-refractivity contribution >= 4 is 19.8 Å². The predicted octanol–water partition coefficient (Wildman–Crippen LogP) is 8.15. The first-order chi connectivity index (χ1) is 28.8. The second-order valence-electron chi connectivity index (χ2n) is 16.0. The van der Waals surface area contributed by atoms with E-state index >= 15 is 0 Å². The molecule has 0 bridgehead atoms. The fourth-order valence-electron chi connectivity index (χ4n) is 7.13. The molecular formula is C45H78NO13P. The van der Waals surface area contributed by atoms with Gasteiger partial charge in [-0.25, -0.2) is 4.57 Å². The molecule has 1 aromatic rings. The number of hydrogen-bond acceptors (Lipinski definition) is 13. The summed E-state index contributed by atoms with van der Waals surface area (Å²) in [6.07, 6.45) is 19.6. The van der Waals surface area contributed by atoms with Crippen LogP contribution >= 0.6 is 7.82 Å². The van der Waals surface area contributed by atoms with E-state index in [1.54, 1.807) is 12.2 Å². The highest BCUT2D eigenvalue weighted by Gasteiger charge is 2.35. The molecule has 0 spiro atoms. The molecule has 1 aliphatic heterocycles. The van der Waals surface area contributed by atoms with E-state index in [2.05, 4.69) is 27.7 Å². The number of carbonyl (C=O) groups is 2. The summed E-state index contributed by atoms with van der Waals surface area (Å²) >= 11 is 0. The quantitative estimate of drug-likeness (QED) is 0.0191. The molecule has 1 saturated heterocycles. The van der Waals surface area contributed by atoms with Crippen LogP contribution in [0.4, 0.5) is 0 Å². The number of aliphatic hydroxyl groups is 3. The lowest BCUT2D eigenvalue weighted by Crippen LogP contribution is -2.43. The summed E-state index contributed by atoms with van der Waals surface area (Å²) < 4.78 is 44.6. The number of ether oxygens (including phenoxy) is 3. The summed E-state index contributed by atoms with van der Waals surface area (Å²) in [5, 5.41) is 31.0. The molecule has 7 atom stereocenters. The Balaban J connectivity index is 1.71. The zero-order valence-corrected chi connectivity index (χ0v) is 37.8. The smallest absolute Gasteiger partial charge is 0.466 e. The second kappa shape index (κ2) is 31.4. The van der Waals surface area contributed by atoms with Gasteiger partial charge in [0.25, 0.3) is 0 Å². The first-order valence-corrected chi connectivity index (χ1v) is 24.1. The van der Waals surface area contributed by atoms with Gasteiger partial charge in [-0.15, -0.1) is 0 Å². The molecule has 0 aromatic carbocycles. The molecule has 0 amide bonds. The molecule has 0 radical (unpaired) electrons. The third kappa shape index (κ3) is 23.2. The molecule has 0 saturated carbocycles. The van der Waals surface area contributed by atoms with Gasteiger partial charge in [-0.1, -0.05) is 95.9 Å². The van der Waals surface area contributed by atoms with Crippen molar-refractivity contribution in [3.8, 4) is 0 Å². The molecule has 6 N–H and O–H groups in total. The molecule has 1 aliphatic rings. The van der Waals surface area contributed by atoms with Crippen molar-refractivity contribution in [1.82, 2.24) is 0 Å². The summed E-state index contributed by atoms with van der Waals surface area (Å²) in [6, 6.07) is 0. The molecule has 1 aromatic heterocycles. The van der Waals surface area contributed by atoms with E-state index in [1.807, 2.05) is 12.2 Å². The molecule has 15 heteroatoms. The van der Waals surface area contributed by atoms with Gasteiger partial charge < -0.3 is 44.6 Å². The minimum Gasteiger partial charge on any atom is -0.466 e. The van der Waals surface area contributed by atoms with Gasteiger partial charge in [0, 0.05) is 44.6 Å². The van der Waals surface area contributed by atoms with Gasteiger partial charge in [0.15, 0.2) is 12.4 Å². The van der Waals surface area contributed by atoms with E-state index in [-0.39, 0.29) is 44.9 Å². The van der Waals surface area contributed by atoms with Crippen molar-refractivity contribution in [3.63, 3.8) is 0 Å². The molecule has 14 nitrogen and oxygen atoms in total. The molecule has 346 valence electrons. The number of aryl methyl sites for hydroxylation is 2. The summed E-state index contributed by atoms with van der Waals surface area (Å²) in [5.74, 6) is 0.891. The Hall–Kier alpha value is -2.39. The lowest BCUT2D eigenvalue weighted by Gasteiger charge is -2.36. The first-order valence-electron chi connectivity index (χ1n) is 22.6. The maximum atomic E-state index is 12.7. The number of allylic oxidation sites excluding steroid dienone is 2. The molecule has 0 aliphatic carbocycles. The van der Waals surface area contributed by atoms with Gasteiger partial charge in [-0.3, -0.25) is 18.6 Å². The van der Waals surface area contributed by atoms with E-state index in [0.29, 0.717) is 32.1 Å². The standard InChI is InChI=1S/C45H78NO13P/c1-5-7-16-22-36(47)27-28-42-38(39(48)31-45(51)59-42)23-17-14-15-20-26-44(50)57-37(33-56-60(52,53)55-30-29-46)32-54-43(49)25-19-13-11-9-8-10-12-18-24-41-35(4)34(3)40(58-41)21-6-2/h14,17,27-28,36-39,42,45,47-48,51H,5-13,15-16,18-26,29-33,46H2,1-4H3,(H,52,53)/b17-14-,28-27+/t36-,37+,38-,39-,42+,45?/m0/s1. The lowest BCUT2D eigenvalue weighted by atomic mass is 9.87. The number of phosphoric ester groups is 1. The topological polar surface area (TPSA) is 217 Å². The van der Waals surface area contributed by atoms with Crippen molar-refractivity contribution in [1.29, 1.82) is 0 Å². The van der Waals surface area contributed by atoms with Crippen molar-refractivity contribution < 1.29 is 62.0 Å². The fraction of sp³-hybridized carbons (Fsp3) is 0.778. The largest absolute Gasteiger partial charge is 0.472 e. The number of hydrogen-bond donors (Lipinski definition) is 5. The highest BCUT2D eigenvalue weighted by Crippen LogP contribution is 2.43. The second-order valence-corrected chi connectivity index (χ2v) is 17.5. The lowest BCUT2D eigenvalue weighted by molar-refractivity contribution is -0.199. The highest BCUT2D eigenvalue weighted by atomic mass is 31.2. The van der Waals surface area contributed by atoms with Crippen LogP contribution in [0.3, 0.4) is 0 Å². The third-order valence-corrected chi connectivity index (χ3v) is 11.8. The summed E-state index contributed by atoms with van der Waals surface area (Å²) in [6.45, 7) is 7.50. The molecule has 2 rings (SSSR count).